The van der Waals surface area contributed by atoms with Crippen molar-refractivity contribution in [1.82, 2.24) is 14.2 Å². The normalized spacial score (nSPS) is 16.2. The maximum atomic E-state index is 13.3. The molecule has 8 heteroatoms. The van der Waals surface area contributed by atoms with Gasteiger partial charge in [0.15, 0.2) is 11.6 Å². The van der Waals surface area contributed by atoms with E-state index >= 15 is 0 Å². The Morgan fingerprint density at radius 3 is 2.56 bits per heavy atom. The zero-order valence-electron chi connectivity index (χ0n) is 13.8. The van der Waals surface area contributed by atoms with Crippen LogP contribution in [0.15, 0.2) is 42.7 Å². The Labute approximate surface area is 146 Å². The van der Waals surface area contributed by atoms with Crippen molar-refractivity contribution in [2.45, 2.75) is 19.1 Å². The molecule has 1 aliphatic rings. The minimum Gasteiger partial charge on any atom is -0.296 e. The summed E-state index contributed by atoms with van der Waals surface area (Å²) in [6.07, 6.45) is 4.48. The molecule has 1 saturated heterocycles. The molecule has 0 bridgehead atoms. The van der Waals surface area contributed by atoms with Gasteiger partial charge in [-0.2, -0.15) is 4.31 Å². The zero-order valence-corrected chi connectivity index (χ0v) is 14.6. The highest BCUT2D eigenvalue weighted by Gasteiger charge is 2.36. The molecule has 1 aromatic carbocycles. The zero-order chi connectivity index (χ0) is 18.0. The molecule has 1 fully saturated rings. The van der Waals surface area contributed by atoms with Gasteiger partial charge in [-0.05, 0) is 29.3 Å². The Morgan fingerprint density at radius 1 is 1.20 bits per heavy atom. The molecule has 0 saturated carbocycles. The summed E-state index contributed by atoms with van der Waals surface area (Å²) in [7, 11) is -3.36. The van der Waals surface area contributed by atoms with Crippen LogP contribution in [0.3, 0.4) is 0 Å². The molecule has 1 aliphatic heterocycles. The molecule has 0 amide bonds. The number of pyridine rings is 1. The number of nitrogens with zero attached hydrogens (tertiary/aromatic N) is 3. The first-order chi connectivity index (χ1) is 11.8. The van der Waals surface area contributed by atoms with Gasteiger partial charge < -0.3 is 0 Å². The predicted octanol–water partition coefficient (Wildman–Crippen LogP) is 2.01. The van der Waals surface area contributed by atoms with Crippen LogP contribution in [0.25, 0.3) is 0 Å². The van der Waals surface area contributed by atoms with Gasteiger partial charge in [-0.1, -0.05) is 12.1 Å². The average molecular weight is 367 g/mol. The number of halogens is 2. The molecule has 0 radical (unpaired) electrons. The van der Waals surface area contributed by atoms with Crippen LogP contribution in [0.2, 0.25) is 0 Å². The Bertz CT molecular complexity index is 840. The average Bonchev–Trinajstić information content (AvgIpc) is 2.52. The van der Waals surface area contributed by atoms with Crippen LogP contribution >= 0.6 is 0 Å². The summed E-state index contributed by atoms with van der Waals surface area (Å²) in [6.45, 7) is 1.83. The van der Waals surface area contributed by atoms with Gasteiger partial charge in [-0.3, -0.25) is 9.88 Å². The standard InChI is InChI=1S/C17H19F2N3O2S/c1-25(23,24)22(10-14-3-2-6-20-8-14)15-11-21(12-15)9-13-4-5-16(18)17(19)7-13/h2-8,15H,9-12H2,1H3. The molecule has 0 aliphatic carbocycles. The topological polar surface area (TPSA) is 53.5 Å². The highest BCUT2D eigenvalue weighted by molar-refractivity contribution is 7.88. The van der Waals surface area contributed by atoms with Gasteiger partial charge >= 0.3 is 0 Å². The van der Waals surface area contributed by atoms with Crippen molar-refractivity contribution in [3.8, 4) is 0 Å². The van der Waals surface area contributed by atoms with E-state index in [0.717, 1.165) is 11.6 Å². The maximum absolute atomic E-state index is 13.3. The van der Waals surface area contributed by atoms with Gasteiger partial charge in [-0.15, -0.1) is 0 Å². The van der Waals surface area contributed by atoms with Gasteiger partial charge in [0, 0.05) is 38.6 Å². The van der Waals surface area contributed by atoms with E-state index in [4.69, 9.17) is 0 Å². The first-order valence-corrected chi connectivity index (χ1v) is 9.70. The van der Waals surface area contributed by atoms with Crippen LogP contribution in [0.1, 0.15) is 11.1 Å². The highest BCUT2D eigenvalue weighted by atomic mass is 32.2. The van der Waals surface area contributed by atoms with Crippen LogP contribution in [0, 0.1) is 11.6 Å². The van der Waals surface area contributed by atoms with Gasteiger partial charge in [0.05, 0.1) is 12.3 Å². The van der Waals surface area contributed by atoms with E-state index in [9.17, 15) is 17.2 Å². The minimum atomic E-state index is -3.36. The van der Waals surface area contributed by atoms with Gasteiger partial charge in [0.25, 0.3) is 0 Å². The van der Waals surface area contributed by atoms with E-state index in [1.54, 1.807) is 18.5 Å². The highest BCUT2D eigenvalue weighted by Crippen LogP contribution is 2.22. The number of likely N-dealkylation sites (tertiary alicyclic amines) is 1. The third kappa shape index (κ3) is 4.39. The van der Waals surface area contributed by atoms with Crippen LogP contribution in [-0.4, -0.2) is 48.0 Å². The molecule has 2 aromatic rings. The van der Waals surface area contributed by atoms with E-state index in [2.05, 4.69) is 4.98 Å². The smallest absolute Gasteiger partial charge is 0.211 e. The van der Waals surface area contributed by atoms with E-state index in [1.807, 2.05) is 11.0 Å². The number of rotatable bonds is 6. The molecule has 25 heavy (non-hydrogen) atoms. The number of aromatic nitrogens is 1. The number of sulfonamides is 1. The summed E-state index contributed by atoms with van der Waals surface area (Å²) in [4.78, 5) is 6.01. The molecule has 1 aromatic heterocycles. The predicted molar refractivity (Wildman–Crippen MR) is 90.0 cm³/mol. The molecule has 0 atom stereocenters. The van der Waals surface area contributed by atoms with Gasteiger partial charge in [-0.25, -0.2) is 17.2 Å². The molecule has 2 heterocycles. The lowest BCUT2D eigenvalue weighted by Crippen LogP contribution is -2.59. The Morgan fingerprint density at radius 2 is 1.96 bits per heavy atom. The largest absolute Gasteiger partial charge is 0.296 e. The minimum absolute atomic E-state index is 0.138. The fourth-order valence-corrected chi connectivity index (χ4v) is 4.00. The number of hydrogen-bond donors (Lipinski definition) is 0. The van der Waals surface area contributed by atoms with Crippen LogP contribution < -0.4 is 0 Å². The van der Waals surface area contributed by atoms with E-state index in [1.165, 1.54) is 22.7 Å². The van der Waals surface area contributed by atoms with Crippen molar-refractivity contribution in [3.05, 3.63) is 65.5 Å². The van der Waals surface area contributed by atoms with Crippen molar-refractivity contribution in [2.75, 3.05) is 19.3 Å². The quantitative estimate of drug-likeness (QED) is 0.784. The van der Waals surface area contributed by atoms with Crippen molar-refractivity contribution in [2.24, 2.45) is 0 Å². The lowest BCUT2D eigenvalue weighted by Gasteiger charge is -2.44. The number of benzene rings is 1. The second-order valence-corrected chi connectivity index (χ2v) is 8.20. The number of hydrogen-bond acceptors (Lipinski definition) is 4. The molecule has 5 nitrogen and oxygen atoms in total. The Hall–Kier alpha value is -1.90. The summed E-state index contributed by atoms with van der Waals surface area (Å²) in [5.41, 5.74) is 1.49. The third-order valence-electron chi connectivity index (χ3n) is 4.22. The fourth-order valence-electron chi connectivity index (χ4n) is 2.94. The fraction of sp³-hybridized carbons (Fsp3) is 0.353. The van der Waals surface area contributed by atoms with Crippen molar-refractivity contribution >= 4 is 10.0 Å². The third-order valence-corrected chi connectivity index (χ3v) is 5.50. The summed E-state index contributed by atoms with van der Waals surface area (Å²) in [5, 5.41) is 0. The summed E-state index contributed by atoms with van der Waals surface area (Å²) in [6, 6.07) is 7.28. The van der Waals surface area contributed by atoms with Gasteiger partial charge in [0.1, 0.15) is 0 Å². The van der Waals surface area contributed by atoms with Crippen LogP contribution in [0.5, 0.6) is 0 Å². The first kappa shape index (κ1) is 17.9. The maximum Gasteiger partial charge on any atom is 0.211 e. The SMILES string of the molecule is CS(=O)(=O)N(Cc1cccnc1)C1CN(Cc2ccc(F)c(F)c2)C1. The summed E-state index contributed by atoms with van der Waals surface area (Å²) in [5.74, 6) is -1.74. The van der Waals surface area contributed by atoms with E-state index < -0.39 is 21.7 Å². The molecule has 0 spiro atoms. The molecule has 0 N–H and O–H groups in total. The summed E-state index contributed by atoms with van der Waals surface area (Å²) >= 11 is 0. The van der Waals surface area contributed by atoms with Gasteiger partial charge in [0.2, 0.25) is 10.0 Å². The Balaban J connectivity index is 1.62. The lowest BCUT2D eigenvalue weighted by atomic mass is 10.1. The second kappa shape index (κ2) is 7.15. The van der Waals surface area contributed by atoms with E-state index in [0.29, 0.717) is 25.2 Å². The van der Waals surface area contributed by atoms with Crippen molar-refractivity contribution in [3.63, 3.8) is 0 Å². The molecule has 0 unspecified atom stereocenters. The molecule has 134 valence electrons. The molecular formula is C17H19F2N3O2S. The second-order valence-electron chi connectivity index (χ2n) is 6.27. The van der Waals surface area contributed by atoms with Crippen LogP contribution in [0.4, 0.5) is 8.78 Å². The Kier molecular flexibility index (Phi) is 5.12. The van der Waals surface area contributed by atoms with E-state index in [-0.39, 0.29) is 12.6 Å². The molecular weight excluding hydrogens is 348 g/mol. The lowest BCUT2D eigenvalue weighted by molar-refractivity contribution is 0.0698. The monoisotopic (exact) mass is 367 g/mol. The first-order valence-electron chi connectivity index (χ1n) is 7.85. The van der Waals surface area contributed by atoms with Crippen LogP contribution in [-0.2, 0) is 23.1 Å². The van der Waals surface area contributed by atoms with Crippen molar-refractivity contribution in [1.29, 1.82) is 0 Å². The summed E-state index contributed by atoms with van der Waals surface area (Å²) < 4.78 is 51.9. The van der Waals surface area contributed by atoms with Crippen molar-refractivity contribution < 1.29 is 17.2 Å². The molecule has 3 rings (SSSR count).